The molecular formula is C11H13BrINO3. The number of hydrogen-bond acceptors (Lipinski definition) is 3. The summed E-state index contributed by atoms with van der Waals surface area (Å²) in [6.45, 7) is 1.06. The third kappa shape index (κ3) is 4.53. The zero-order valence-corrected chi connectivity index (χ0v) is 12.9. The molecule has 94 valence electrons. The number of amides is 1. The van der Waals surface area contributed by atoms with Crippen molar-refractivity contribution in [2.75, 3.05) is 13.2 Å². The maximum absolute atomic E-state index is 11.9. The monoisotopic (exact) mass is 413 g/mol. The van der Waals surface area contributed by atoms with E-state index in [2.05, 4.69) is 43.8 Å². The van der Waals surface area contributed by atoms with Crippen molar-refractivity contribution in [3.05, 3.63) is 31.8 Å². The van der Waals surface area contributed by atoms with Gasteiger partial charge < -0.3 is 15.5 Å². The summed E-state index contributed by atoms with van der Waals surface area (Å²) < 4.78 is 1.64. The molecule has 0 aromatic heterocycles. The summed E-state index contributed by atoms with van der Waals surface area (Å²) in [7, 11) is 0. The van der Waals surface area contributed by atoms with E-state index >= 15 is 0 Å². The maximum Gasteiger partial charge on any atom is 0.252 e. The molecule has 0 aliphatic carbocycles. The Morgan fingerprint density at radius 1 is 1.59 bits per heavy atom. The fourth-order valence-electron chi connectivity index (χ4n) is 1.09. The van der Waals surface area contributed by atoms with Crippen LogP contribution in [0.3, 0.4) is 0 Å². The van der Waals surface area contributed by atoms with Crippen LogP contribution in [0.5, 0.6) is 0 Å². The van der Waals surface area contributed by atoms with Crippen molar-refractivity contribution in [1.29, 1.82) is 0 Å². The highest BCUT2D eigenvalue weighted by Crippen LogP contribution is 2.18. The van der Waals surface area contributed by atoms with Crippen LogP contribution in [-0.2, 0) is 0 Å². The summed E-state index contributed by atoms with van der Waals surface area (Å²) in [5.41, 5.74) is -0.763. The van der Waals surface area contributed by atoms with E-state index in [9.17, 15) is 9.90 Å². The summed E-state index contributed by atoms with van der Waals surface area (Å²) in [6, 6.07) is 5.39. The normalized spacial score (nSPS) is 14.2. The minimum absolute atomic E-state index is 0.00489. The predicted molar refractivity (Wildman–Crippen MR) is 76.9 cm³/mol. The summed E-state index contributed by atoms with van der Waals surface area (Å²) in [6.07, 6.45) is 0. The molecule has 0 saturated heterocycles. The standard InChI is InChI=1S/C11H13BrINO3/c1-11(17,6-15)5-14-10(16)8-4-7(12)2-3-9(8)13/h2-4,15,17H,5-6H2,1H3,(H,14,16). The van der Waals surface area contributed by atoms with Crippen LogP contribution in [0.2, 0.25) is 0 Å². The van der Waals surface area contributed by atoms with Gasteiger partial charge in [0.05, 0.1) is 12.2 Å². The third-order valence-corrected chi connectivity index (χ3v) is 3.58. The predicted octanol–water partition coefficient (Wildman–Crippen LogP) is 1.53. The van der Waals surface area contributed by atoms with Crippen LogP contribution in [0.4, 0.5) is 0 Å². The molecule has 6 heteroatoms. The molecule has 1 aromatic carbocycles. The Hall–Kier alpha value is -0.180. The Bertz CT molecular complexity index is 423. The van der Waals surface area contributed by atoms with Gasteiger partial charge in [0.15, 0.2) is 0 Å². The lowest BCUT2D eigenvalue weighted by molar-refractivity contribution is 0.00319. The summed E-state index contributed by atoms with van der Waals surface area (Å²) in [4.78, 5) is 11.9. The molecule has 0 aliphatic rings. The average molecular weight is 414 g/mol. The first kappa shape index (κ1) is 14.9. The molecule has 1 rings (SSSR count). The highest BCUT2D eigenvalue weighted by molar-refractivity contribution is 14.1. The minimum atomic E-state index is -1.30. The first-order valence-corrected chi connectivity index (χ1v) is 6.79. The van der Waals surface area contributed by atoms with E-state index in [4.69, 9.17) is 5.11 Å². The molecule has 0 radical (unpaired) electrons. The number of halogens is 2. The number of aliphatic hydroxyl groups is 2. The number of carbonyl (C=O) groups excluding carboxylic acids is 1. The number of carbonyl (C=O) groups is 1. The Morgan fingerprint density at radius 3 is 2.82 bits per heavy atom. The van der Waals surface area contributed by atoms with E-state index in [-0.39, 0.29) is 12.5 Å². The van der Waals surface area contributed by atoms with Gasteiger partial charge in [-0.15, -0.1) is 0 Å². The number of aliphatic hydroxyl groups excluding tert-OH is 1. The smallest absolute Gasteiger partial charge is 0.252 e. The molecule has 1 aromatic rings. The molecule has 0 fully saturated rings. The van der Waals surface area contributed by atoms with E-state index in [1.54, 1.807) is 6.07 Å². The summed E-state index contributed by atoms with van der Waals surface area (Å²) in [5.74, 6) is -0.274. The average Bonchev–Trinajstić information content (AvgIpc) is 2.29. The van der Waals surface area contributed by atoms with Crippen LogP contribution in [0.15, 0.2) is 22.7 Å². The van der Waals surface area contributed by atoms with E-state index in [0.717, 1.165) is 8.04 Å². The van der Waals surface area contributed by atoms with E-state index < -0.39 is 12.2 Å². The molecule has 0 aliphatic heterocycles. The second-order valence-corrected chi connectivity index (χ2v) is 6.04. The van der Waals surface area contributed by atoms with Gasteiger partial charge in [0.2, 0.25) is 0 Å². The van der Waals surface area contributed by atoms with Crippen LogP contribution in [0.25, 0.3) is 0 Å². The van der Waals surface area contributed by atoms with Gasteiger partial charge in [0.1, 0.15) is 5.60 Å². The van der Waals surface area contributed by atoms with Gasteiger partial charge in [-0.2, -0.15) is 0 Å². The zero-order chi connectivity index (χ0) is 13.1. The van der Waals surface area contributed by atoms with Gasteiger partial charge in [0, 0.05) is 14.6 Å². The van der Waals surface area contributed by atoms with Gasteiger partial charge in [0.25, 0.3) is 5.91 Å². The van der Waals surface area contributed by atoms with Crippen LogP contribution >= 0.6 is 38.5 Å². The first-order valence-electron chi connectivity index (χ1n) is 4.92. The Morgan fingerprint density at radius 2 is 2.24 bits per heavy atom. The lowest BCUT2D eigenvalue weighted by Crippen LogP contribution is -2.43. The van der Waals surface area contributed by atoms with Crippen molar-refractivity contribution in [1.82, 2.24) is 5.32 Å². The van der Waals surface area contributed by atoms with Crippen LogP contribution in [0, 0.1) is 3.57 Å². The molecule has 4 nitrogen and oxygen atoms in total. The van der Waals surface area contributed by atoms with Crippen LogP contribution < -0.4 is 5.32 Å². The summed E-state index contributed by atoms with van der Waals surface area (Å²) in [5, 5.41) is 21.0. The molecule has 1 amide bonds. The Kier molecular flexibility index (Phi) is 5.36. The number of rotatable bonds is 4. The van der Waals surface area contributed by atoms with Crippen molar-refractivity contribution < 1.29 is 15.0 Å². The first-order chi connectivity index (χ1) is 7.85. The topological polar surface area (TPSA) is 69.6 Å². The summed E-state index contributed by atoms with van der Waals surface area (Å²) >= 11 is 5.36. The van der Waals surface area contributed by atoms with Gasteiger partial charge in [-0.25, -0.2) is 0 Å². The van der Waals surface area contributed by atoms with Crippen molar-refractivity contribution >= 4 is 44.4 Å². The maximum atomic E-state index is 11.9. The van der Waals surface area contributed by atoms with Crippen LogP contribution in [-0.4, -0.2) is 34.9 Å². The number of nitrogens with one attached hydrogen (secondary N) is 1. The number of benzene rings is 1. The van der Waals surface area contributed by atoms with Crippen molar-refractivity contribution in [2.45, 2.75) is 12.5 Å². The number of hydrogen-bond donors (Lipinski definition) is 3. The molecule has 3 N–H and O–H groups in total. The van der Waals surface area contributed by atoms with Gasteiger partial charge >= 0.3 is 0 Å². The molecule has 17 heavy (non-hydrogen) atoms. The lowest BCUT2D eigenvalue weighted by Gasteiger charge is -2.20. The Labute approximate surface area is 122 Å². The van der Waals surface area contributed by atoms with E-state index in [1.807, 2.05) is 12.1 Å². The van der Waals surface area contributed by atoms with Crippen molar-refractivity contribution in [3.63, 3.8) is 0 Å². The molecular weight excluding hydrogens is 401 g/mol. The molecule has 0 spiro atoms. The molecule has 1 atom stereocenters. The molecule has 1 unspecified atom stereocenters. The fourth-order valence-corrected chi connectivity index (χ4v) is 2.03. The van der Waals surface area contributed by atoms with Crippen molar-refractivity contribution in [2.24, 2.45) is 0 Å². The van der Waals surface area contributed by atoms with Gasteiger partial charge in [-0.3, -0.25) is 4.79 Å². The van der Waals surface area contributed by atoms with E-state index in [1.165, 1.54) is 6.92 Å². The SMILES string of the molecule is CC(O)(CO)CNC(=O)c1cc(Br)ccc1I. The quantitative estimate of drug-likeness (QED) is 0.655. The molecule has 0 saturated carbocycles. The lowest BCUT2D eigenvalue weighted by atomic mass is 10.1. The Balaban J connectivity index is 2.74. The second-order valence-electron chi connectivity index (χ2n) is 3.96. The second kappa shape index (κ2) is 6.12. The zero-order valence-electron chi connectivity index (χ0n) is 9.20. The third-order valence-electron chi connectivity index (χ3n) is 2.14. The van der Waals surface area contributed by atoms with Gasteiger partial charge in [-0.1, -0.05) is 15.9 Å². The highest BCUT2D eigenvalue weighted by atomic mass is 127. The van der Waals surface area contributed by atoms with Crippen molar-refractivity contribution in [3.8, 4) is 0 Å². The minimum Gasteiger partial charge on any atom is -0.393 e. The van der Waals surface area contributed by atoms with Crippen LogP contribution in [0.1, 0.15) is 17.3 Å². The largest absolute Gasteiger partial charge is 0.393 e. The van der Waals surface area contributed by atoms with Gasteiger partial charge in [-0.05, 0) is 47.7 Å². The fraction of sp³-hybridized carbons (Fsp3) is 0.364. The van der Waals surface area contributed by atoms with E-state index in [0.29, 0.717) is 5.56 Å². The molecule has 0 bridgehead atoms. The molecule has 0 heterocycles. The highest BCUT2D eigenvalue weighted by Gasteiger charge is 2.20.